The van der Waals surface area contributed by atoms with Crippen molar-refractivity contribution >= 4 is 17.6 Å². The van der Waals surface area contributed by atoms with E-state index < -0.39 is 5.82 Å². The van der Waals surface area contributed by atoms with Crippen LogP contribution in [0.25, 0.3) is 22.7 Å². The molecule has 0 fully saturated rings. The topological polar surface area (TPSA) is 85.4 Å². The number of benzene rings is 1. The summed E-state index contributed by atoms with van der Waals surface area (Å²) in [6.07, 6.45) is 1.55. The summed E-state index contributed by atoms with van der Waals surface area (Å²) < 4.78 is 26.4. The van der Waals surface area contributed by atoms with Crippen molar-refractivity contribution in [2.45, 2.75) is 27.3 Å². The van der Waals surface area contributed by atoms with Crippen LogP contribution >= 0.6 is 11.6 Å². The van der Waals surface area contributed by atoms with Crippen LogP contribution < -0.4 is 10.1 Å². The molecular formula is C22H27ClFN5O3. The molecule has 8 nitrogen and oxygen atoms in total. The number of aromatic nitrogens is 3. The zero-order valence-electron chi connectivity index (χ0n) is 18.6. The summed E-state index contributed by atoms with van der Waals surface area (Å²) in [6.45, 7) is 7.62. The van der Waals surface area contributed by atoms with Crippen molar-refractivity contribution in [3.63, 3.8) is 0 Å². The minimum atomic E-state index is -0.429. The number of rotatable bonds is 9. The van der Waals surface area contributed by atoms with Crippen LogP contribution in [0.2, 0.25) is 0 Å². The number of ether oxygens (including phenoxy) is 1. The van der Waals surface area contributed by atoms with Crippen LogP contribution in [0, 0.1) is 11.7 Å². The van der Waals surface area contributed by atoms with Gasteiger partial charge < -0.3 is 14.5 Å². The predicted octanol–water partition coefficient (Wildman–Crippen LogP) is 4.58. The Morgan fingerprint density at radius 2 is 2.16 bits per heavy atom. The van der Waals surface area contributed by atoms with Crippen LogP contribution in [-0.4, -0.2) is 51.9 Å². The molecule has 0 aliphatic carbocycles. The van der Waals surface area contributed by atoms with Gasteiger partial charge >= 0.3 is 6.03 Å². The van der Waals surface area contributed by atoms with Gasteiger partial charge in [0.15, 0.2) is 5.76 Å². The number of carbonyl (C=O) groups is 1. The third-order valence-corrected chi connectivity index (χ3v) is 5.09. The molecule has 1 aromatic carbocycles. The van der Waals surface area contributed by atoms with E-state index in [9.17, 15) is 9.18 Å². The fraction of sp³-hybridized carbons (Fsp3) is 0.409. The highest BCUT2D eigenvalue weighted by atomic mass is 35.5. The fourth-order valence-corrected chi connectivity index (χ4v) is 3.26. The summed E-state index contributed by atoms with van der Waals surface area (Å²) in [5.41, 5.74) is 1.40. The number of alkyl halides is 1. The van der Waals surface area contributed by atoms with Crippen LogP contribution in [0.1, 0.15) is 26.7 Å². The van der Waals surface area contributed by atoms with Gasteiger partial charge in [0.1, 0.15) is 23.0 Å². The molecule has 0 aliphatic rings. The largest absolute Gasteiger partial charge is 0.496 e. The van der Waals surface area contributed by atoms with Gasteiger partial charge in [0.05, 0.1) is 19.7 Å². The van der Waals surface area contributed by atoms with Crippen LogP contribution in [0.15, 0.2) is 34.9 Å². The minimum absolute atomic E-state index is 0.310. The Labute approximate surface area is 191 Å². The van der Waals surface area contributed by atoms with Crippen LogP contribution in [0.3, 0.4) is 0 Å². The molecule has 1 amide bonds. The van der Waals surface area contributed by atoms with Crippen molar-refractivity contribution in [3.05, 3.63) is 42.2 Å². The summed E-state index contributed by atoms with van der Waals surface area (Å²) in [7, 11) is 1.46. The highest BCUT2D eigenvalue weighted by Crippen LogP contribution is 2.37. The van der Waals surface area contributed by atoms with E-state index in [1.807, 2.05) is 25.7 Å². The first-order valence-electron chi connectivity index (χ1n) is 10.3. The van der Waals surface area contributed by atoms with E-state index in [4.69, 9.17) is 20.8 Å². The first-order valence-corrected chi connectivity index (χ1v) is 10.9. The third kappa shape index (κ3) is 5.46. The predicted molar refractivity (Wildman–Crippen MR) is 120 cm³/mol. The van der Waals surface area contributed by atoms with Crippen LogP contribution in [0.5, 0.6) is 5.75 Å². The monoisotopic (exact) mass is 463 g/mol. The number of hydrogen-bond donors (Lipinski definition) is 1. The van der Waals surface area contributed by atoms with Gasteiger partial charge in [-0.3, -0.25) is 4.90 Å². The normalized spacial score (nSPS) is 11.4. The maximum atomic E-state index is 13.8. The number of halogens is 2. The van der Waals surface area contributed by atoms with Gasteiger partial charge in [0.25, 0.3) is 0 Å². The molecule has 3 rings (SSSR count). The third-order valence-electron chi connectivity index (χ3n) is 4.76. The van der Waals surface area contributed by atoms with E-state index in [0.717, 1.165) is 0 Å². The summed E-state index contributed by atoms with van der Waals surface area (Å²) >= 11 is 5.99. The number of amides is 1. The molecule has 2 heterocycles. The standard InChI is InChI=1S/C22H27ClFN5O3/c1-5-28(13-23)12-19-26-20(16-7-6-15(24)10-18(16)31-4)21(32-19)17-8-9-29(27-17)22(30)25-11-14(2)3/h6-10,14H,5,11-13H2,1-4H3,(H,25,30). The molecule has 0 radical (unpaired) electrons. The Kier molecular flexibility index (Phi) is 7.87. The van der Waals surface area contributed by atoms with Crippen molar-refractivity contribution in [3.8, 4) is 28.5 Å². The van der Waals surface area contributed by atoms with Crippen LogP contribution in [0.4, 0.5) is 9.18 Å². The fourth-order valence-electron chi connectivity index (χ4n) is 3.01. The highest BCUT2D eigenvalue weighted by Gasteiger charge is 2.23. The van der Waals surface area contributed by atoms with Gasteiger partial charge in [-0.15, -0.1) is 11.6 Å². The van der Waals surface area contributed by atoms with Crippen LogP contribution in [-0.2, 0) is 6.54 Å². The molecule has 0 unspecified atom stereocenters. The molecule has 0 atom stereocenters. The average Bonchev–Trinajstić information content (AvgIpc) is 3.43. The van der Waals surface area contributed by atoms with Gasteiger partial charge in [-0.1, -0.05) is 20.8 Å². The van der Waals surface area contributed by atoms with Crippen molar-refractivity contribution in [2.75, 3.05) is 26.2 Å². The minimum Gasteiger partial charge on any atom is -0.496 e. The second-order valence-electron chi connectivity index (χ2n) is 7.62. The second kappa shape index (κ2) is 10.6. The Hall–Kier alpha value is -2.91. The first kappa shape index (κ1) is 23.7. The molecule has 32 heavy (non-hydrogen) atoms. The molecule has 0 saturated heterocycles. The summed E-state index contributed by atoms with van der Waals surface area (Å²) in [5.74, 6) is 0.964. The van der Waals surface area contributed by atoms with Gasteiger partial charge in [-0.25, -0.2) is 14.2 Å². The van der Waals surface area contributed by atoms with Gasteiger partial charge in [0, 0.05) is 24.4 Å². The molecule has 3 aromatic rings. The SMILES string of the molecule is CCN(CCl)Cc1nc(-c2ccc(F)cc2OC)c(-c2ccn(C(=O)NCC(C)C)n2)o1. The number of oxazole rings is 1. The van der Waals surface area contributed by atoms with Crippen molar-refractivity contribution in [2.24, 2.45) is 5.92 Å². The van der Waals surface area contributed by atoms with Gasteiger partial charge in [-0.2, -0.15) is 9.78 Å². The van der Waals surface area contributed by atoms with Crippen molar-refractivity contribution in [1.29, 1.82) is 0 Å². The molecule has 0 aliphatic heterocycles. The lowest BCUT2D eigenvalue weighted by atomic mass is 10.1. The lowest BCUT2D eigenvalue weighted by molar-refractivity contribution is 0.238. The van der Waals surface area contributed by atoms with E-state index in [1.165, 1.54) is 23.9 Å². The summed E-state index contributed by atoms with van der Waals surface area (Å²) in [6, 6.07) is 5.81. The van der Waals surface area contributed by atoms with E-state index in [1.54, 1.807) is 18.3 Å². The lowest BCUT2D eigenvalue weighted by Crippen LogP contribution is -2.31. The molecule has 2 aromatic heterocycles. The summed E-state index contributed by atoms with van der Waals surface area (Å²) in [4.78, 5) is 18.9. The molecule has 0 spiro atoms. The first-order chi connectivity index (χ1) is 15.4. The molecule has 10 heteroatoms. The highest BCUT2D eigenvalue weighted by molar-refractivity contribution is 6.17. The molecular weight excluding hydrogens is 437 g/mol. The lowest BCUT2D eigenvalue weighted by Gasteiger charge is -2.13. The van der Waals surface area contributed by atoms with Crippen molar-refractivity contribution in [1.82, 2.24) is 25.0 Å². The number of nitrogens with one attached hydrogen (secondary N) is 1. The Bertz CT molecular complexity index is 1060. The van der Waals surface area contributed by atoms with Gasteiger partial charge in [-0.05, 0) is 30.7 Å². The number of carbonyl (C=O) groups excluding carboxylic acids is 1. The Balaban J connectivity index is 2.03. The second-order valence-corrected chi connectivity index (χ2v) is 7.86. The van der Waals surface area contributed by atoms with Crippen molar-refractivity contribution < 1.29 is 18.3 Å². The average molecular weight is 464 g/mol. The summed E-state index contributed by atoms with van der Waals surface area (Å²) in [5, 5.41) is 7.18. The maximum Gasteiger partial charge on any atom is 0.342 e. The maximum absolute atomic E-state index is 13.8. The molecule has 0 bridgehead atoms. The molecule has 1 N–H and O–H groups in total. The Morgan fingerprint density at radius 3 is 2.81 bits per heavy atom. The smallest absolute Gasteiger partial charge is 0.342 e. The van der Waals surface area contributed by atoms with Gasteiger partial charge in [0.2, 0.25) is 5.89 Å². The van der Waals surface area contributed by atoms with E-state index in [-0.39, 0.29) is 6.03 Å². The number of hydrogen-bond acceptors (Lipinski definition) is 6. The number of methoxy groups -OCH3 is 1. The molecule has 0 saturated carbocycles. The molecule has 172 valence electrons. The number of nitrogens with zero attached hydrogens (tertiary/aromatic N) is 4. The zero-order valence-corrected chi connectivity index (χ0v) is 19.3. The van der Waals surface area contributed by atoms with E-state index in [0.29, 0.717) is 65.9 Å². The Morgan fingerprint density at radius 1 is 1.38 bits per heavy atom. The van der Waals surface area contributed by atoms with E-state index in [2.05, 4.69) is 15.4 Å². The quantitative estimate of drug-likeness (QED) is 0.369. The zero-order chi connectivity index (χ0) is 23.3. The van der Waals surface area contributed by atoms with E-state index >= 15 is 0 Å².